The SMILES string of the molecule is O=S1(=O)CCC(Br)C1Br. The lowest BCUT2D eigenvalue weighted by Crippen LogP contribution is -2.13. The van der Waals surface area contributed by atoms with E-state index < -0.39 is 9.84 Å². The van der Waals surface area contributed by atoms with Gasteiger partial charge in [0.05, 0.1) is 5.75 Å². The Morgan fingerprint density at radius 2 is 1.89 bits per heavy atom. The van der Waals surface area contributed by atoms with E-state index >= 15 is 0 Å². The minimum absolute atomic E-state index is 0.0995. The highest BCUT2D eigenvalue weighted by molar-refractivity contribution is 9.13. The molecule has 0 spiro atoms. The first-order chi connectivity index (χ1) is 4.04. The summed E-state index contributed by atoms with van der Waals surface area (Å²) in [5.41, 5.74) is 0. The molecule has 1 aliphatic rings. The van der Waals surface area contributed by atoms with Crippen molar-refractivity contribution in [2.75, 3.05) is 5.75 Å². The van der Waals surface area contributed by atoms with E-state index in [0.29, 0.717) is 5.75 Å². The highest BCUT2D eigenvalue weighted by Gasteiger charge is 2.36. The van der Waals surface area contributed by atoms with Crippen molar-refractivity contribution in [3.8, 4) is 0 Å². The Labute approximate surface area is 71.2 Å². The lowest BCUT2D eigenvalue weighted by atomic mass is 10.4. The Morgan fingerprint density at radius 3 is 2.00 bits per heavy atom. The predicted molar refractivity (Wildman–Crippen MR) is 43.8 cm³/mol. The molecule has 2 nitrogen and oxygen atoms in total. The van der Waals surface area contributed by atoms with Crippen LogP contribution < -0.4 is 0 Å². The first-order valence-corrected chi connectivity index (χ1v) is 6.08. The zero-order valence-electron chi connectivity index (χ0n) is 4.55. The molecule has 0 N–H and O–H groups in total. The number of hydrogen-bond donors (Lipinski definition) is 0. The van der Waals surface area contributed by atoms with Gasteiger partial charge in [0.15, 0.2) is 9.84 Å². The molecule has 1 fully saturated rings. The Kier molecular flexibility index (Phi) is 2.23. The van der Waals surface area contributed by atoms with Gasteiger partial charge in [0.2, 0.25) is 0 Å². The fourth-order valence-electron chi connectivity index (χ4n) is 0.745. The quantitative estimate of drug-likeness (QED) is 0.626. The predicted octanol–water partition coefficient (Wildman–Crippen LogP) is 1.29. The molecule has 0 aromatic rings. The van der Waals surface area contributed by atoms with Crippen LogP contribution in [0.15, 0.2) is 0 Å². The number of halogens is 2. The molecular weight excluding hydrogens is 272 g/mol. The normalized spacial score (nSPS) is 41.1. The molecule has 1 aliphatic heterocycles. The lowest BCUT2D eigenvalue weighted by molar-refractivity contribution is 0.601. The number of hydrogen-bond acceptors (Lipinski definition) is 2. The standard InChI is InChI=1S/C4H6Br2O2S/c5-3-1-2-9(7,8)4(3)6/h3-4H,1-2H2. The van der Waals surface area contributed by atoms with Crippen LogP contribution in [0.25, 0.3) is 0 Å². The van der Waals surface area contributed by atoms with Gasteiger partial charge in [-0.2, -0.15) is 0 Å². The van der Waals surface area contributed by atoms with Crippen molar-refractivity contribution < 1.29 is 8.42 Å². The van der Waals surface area contributed by atoms with Gasteiger partial charge in [-0.15, -0.1) is 0 Å². The van der Waals surface area contributed by atoms with Gasteiger partial charge < -0.3 is 0 Å². The maximum atomic E-state index is 10.9. The van der Waals surface area contributed by atoms with Crippen LogP contribution in [0.3, 0.4) is 0 Å². The van der Waals surface area contributed by atoms with E-state index in [-0.39, 0.29) is 8.99 Å². The fourth-order valence-corrected chi connectivity index (χ4v) is 4.48. The van der Waals surface area contributed by atoms with Crippen LogP contribution >= 0.6 is 31.9 Å². The number of rotatable bonds is 0. The van der Waals surface area contributed by atoms with E-state index in [2.05, 4.69) is 31.9 Å². The average molecular weight is 278 g/mol. The van der Waals surface area contributed by atoms with Gasteiger partial charge in [-0.05, 0) is 6.42 Å². The molecular formula is C4H6Br2O2S. The van der Waals surface area contributed by atoms with Crippen LogP contribution in [-0.4, -0.2) is 23.2 Å². The summed E-state index contributed by atoms with van der Waals surface area (Å²) in [4.78, 5) is 0.0995. The summed E-state index contributed by atoms with van der Waals surface area (Å²) in [6.45, 7) is 0. The van der Waals surface area contributed by atoms with Crippen LogP contribution in [0, 0.1) is 0 Å². The zero-order valence-corrected chi connectivity index (χ0v) is 8.54. The van der Waals surface area contributed by atoms with Gasteiger partial charge in [-0.1, -0.05) is 31.9 Å². The third kappa shape index (κ3) is 1.49. The second kappa shape index (κ2) is 2.51. The summed E-state index contributed by atoms with van der Waals surface area (Å²) in [7, 11) is -2.80. The van der Waals surface area contributed by atoms with Crippen molar-refractivity contribution >= 4 is 41.7 Å². The van der Waals surface area contributed by atoms with E-state index in [4.69, 9.17) is 0 Å². The van der Waals surface area contributed by atoms with E-state index in [0.717, 1.165) is 6.42 Å². The Balaban J connectivity index is 2.87. The largest absolute Gasteiger partial charge is 0.228 e. The van der Waals surface area contributed by atoms with Gasteiger partial charge in [0.25, 0.3) is 0 Å². The smallest absolute Gasteiger partial charge is 0.164 e. The molecule has 0 amide bonds. The van der Waals surface area contributed by atoms with Gasteiger partial charge >= 0.3 is 0 Å². The Hall–Kier alpha value is 0.910. The van der Waals surface area contributed by atoms with Crippen molar-refractivity contribution in [1.82, 2.24) is 0 Å². The molecule has 0 aromatic carbocycles. The van der Waals surface area contributed by atoms with Crippen molar-refractivity contribution in [2.45, 2.75) is 15.4 Å². The molecule has 5 heteroatoms. The van der Waals surface area contributed by atoms with Crippen LogP contribution in [0.4, 0.5) is 0 Å². The minimum Gasteiger partial charge on any atom is -0.228 e. The van der Waals surface area contributed by atoms with Crippen LogP contribution in [0.5, 0.6) is 0 Å². The monoisotopic (exact) mass is 276 g/mol. The van der Waals surface area contributed by atoms with Crippen LogP contribution in [0.1, 0.15) is 6.42 Å². The Bertz CT molecular complexity index is 199. The lowest BCUT2D eigenvalue weighted by Gasteiger charge is -2.01. The third-order valence-electron chi connectivity index (χ3n) is 1.31. The molecule has 0 aliphatic carbocycles. The molecule has 0 bridgehead atoms. The molecule has 1 saturated heterocycles. The molecule has 1 rings (SSSR count). The molecule has 0 aromatic heterocycles. The molecule has 2 atom stereocenters. The number of alkyl halides is 2. The van der Waals surface area contributed by atoms with Gasteiger partial charge in [0, 0.05) is 4.83 Å². The van der Waals surface area contributed by atoms with Gasteiger partial charge in [-0.3, -0.25) is 0 Å². The highest BCUT2D eigenvalue weighted by Crippen LogP contribution is 2.30. The second-order valence-corrected chi connectivity index (χ2v) is 7.03. The number of sulfone groups is 1. The molecule has 54 valence electrons. The summed E-state index contributed by atoms with van der Waals surface area (Å²) in [6, 6.07) is 0. The van der Waals surface area contributed by atoms with Gasteiger partial charge in [0.1, 0.15) is 4.16 Å². The van der Waals surface area contributed by atoms with E-state index in [1.165, 1.54) is 0 Å². The van der Waals surface area contributed by atoms with E-state index in [1.54, 1.807) is 0 Å². The molecule has 1 heterocycles. The second-order valence-electron chi connectivity index (χ2n) is 2.02. The summed E-state index contributed by atoms with van der Waals surface area (Å²) in [5.74, 6) is 0.304. The summed E-state index contributed by atoms with van der Waals surface area (Å²) in [6.07, 6.45) is 0.720. The molecule has 2 unspecified atom stereocenters. The molecule has 9 heavy (non-hydrogen) atoms. The summed E-state index contributed by atoms with van der Waals surface area (Å²) < 4.78 is 21.4. The molecule has 0 saturated carbocycles. The summed E-state index contributed by atoms with van der Waals surface area (Å²) >= 11 is 6.34. The van der Waals surface area contributed by atoms with Crippen molar-refractivity contribution in [1.29, 1.82) is 0 Å². The fraction of sp³-hybridized carbons (Fsp3) is 1.00. The maximum Gasteiger partial charge on any atom is 0.164 e. The average Bonchev–Trinajstić information content (AvgIpc) is 1.97. The van der Waals surface area contributed by atoms with Gasteiger partial charge in [-0.25, -0.2) is 8.42 Å². The summed E-state index contributed by atoms with van der Waals surface area (Å²) in [5, 5.41) is 0. The van der Waals surface area contributed by atoms with E-state index in [1.807, 2.05) is 0 Å². The maximum absolute atomic E-state index is 10.9. The van der Waals surface area contributed by atoms with Crippen LogP contribution in [0.2, 0.25) is 0 Å². The Morgan fingerprint density at radius 1 is 1.33 bits per heavy atom. The van der Waals surface area contributed by atoms with Crippen molar-refractivity contribution in [3.63, 3.8) is 0 Å². The van der Waals surface area contributed by atoms with Crippen molar-refractivity contribution in [2.24, 2.45) is 0 Å². The minimum atomic E-state index is -2.80. The first kappa shape index (κ1) is 8.01. The highest BCUT2D eigenvalue weighted by atomic mass is 79.9. The van der Waals surface area contributed by atoms with Crippen LogP contribution in [-0.2, 0) is 9.84 Å². The zero-order chi connectivity index (χ0) is 7.07. The first-order valence-electron chi connectivity index (χ1n) is 2.54. The third-order valence-corrected chi connectivity index (χ3v) is 7.52. The van der Waals surface area contributed by atoms with Crippen molar-refractivity contribution in [3.05, 3.63) is 0 Å². The van der Waals surface area contributed by atoms with E-state index in [9.17, 15) is 8.42 Å². The topological polar surface area (TPSA) is 34.1 Å². The molecule has 0 radical (unpaired) electrons.